The first-order valence-electron chi connectivity index (χ1n) is 10.4. The number of amides is 1. The van der Waals surface area contributed by atoms with Crippen molar-refractivity contribution < 1.29 is 18.8 Å². The van der Waals surface area contributed by atoms with Crippen LogP contribution in [0.2, 0.25) is 0 Å². The zero-order chi connectivity index (χ0) is 22.3. The Hall–Kier alpha value is -1.58. The van der Waals surface area contributed by atoms with E-state index in [1.807, 2.05) is 13.0 Å². The molecule has 0 aromatic rings. The maximum absolute atomic E-state index is 11.4. The van der Waals surface area contributed by atoms with E-state index in [2.05, 4.69) is 55.8 Å². The summed E-state index contributed by atoms with van der Waals surface area (Å²) in [7, 11) is -3.79. The van der Waals surface area contributed by atoms with Gasteiger partial charge in [0.2, 0.25) is 0 Å². The van der Waals surface area contributed by atoms with Gasteiger partial charge in [-0.3, -0.25) is 0 Å². The monoisotopic (exact) mass is 425 g/mol. The quantitative estimate of drug-likeness (QED) is 0.244. The Kier molecular flexibility index (Phi) is 14.5. The topological polar surface area (TPSA) is 75.6 Å². The molecule has 0 fully saturated rings. The van der Waals surface area contributed by atoms with Crippen LogP contribution in [0.5, 0.6) is 0 Å². The van der Waals surface area contributed by atoms with E-state index < -0.39 is 13.7 Å². The molecular formula is C23H40NO4P. The molecule has 0 aromatic heterocycles. The molecule has 29 heavy (non-hydrogen) atoms. The number of hydrogen-bond donors (Lipinski definition) is 2. The van der Waals surface area contributed by atoms with Crippen LogP contribution in [-0.2, 0) is 9.09 Å². The van der Waals surface area contributed by atoms with Crippen LogP contribution in [0.1, 0.15) is 80.1 Å². The van der Waals surface area contributed by atoms with E-state index in [1.165, 1.54) is 23.6 Å². The lowest BCUT2D eigenvalue weighted by atomic mass is 10.0. The molecule has 6 heteroatoms. The van der Waals surface area contributed by atoms with Gasteiger partial charge < -0.3 is 14.7 Å². The summed E-state index contributed by atoms with van der Waals surface area (Å²) in [6.45, 7) is 12.4. The number of carbonyl (C=O) groups is 1. The SMILES string of the molecule is CCP(=O)(O)OC(=O)NC/C=C(\C)CC/C=C(\C)CC/C=C(\C)CCC=C(C)C. The normalized spacial score (nSPS) is 14.9. The maximum Gasteiger partial charge on any atom is 0.413 e. The van der Waals surface area contributed by atoms with E-state index in [0.717, 1.165) is 44.1 Å². The van der Waals surface area contributed by atoms with Crippen molar-refractivity contribution in [1.29, 1.82) is 0 Å². The molecule has 0 aliphatic rings. The zero-order valence-corrected chi connectivity index (χ0v) is 20.0. The van der Waals surface area contributed by atoms with Crippen molar-refractivity contribution in [2.24, 2.45) is 0 Å². The molecule has 0 heterocycles. The lowest BCUT2D eigenvalue weighted by Gasteiger charge is -2.09. The van der Waals surface area contributed by atoms with Gasteiger partial charge in [0.05, 0.1) is 6.16 Å². The average molecular weight is 426 g/mol. The zero-order valence-electron chi connectivity index (χ0n) is 19.1. The molecule has 0 saturated carbocycles. The molecule has 1 unspecified atom stereocenters. The predicted molar refractivity (Wildman–Crippen MR) is 123 cm³/mol. The summed E-state index contributed by atoms with van der Waals surface area (Å²) in [4.78, 5) is 20.7. The van der Waals surface area contributed by atoms with Gasteiger partial charge in [0.15, 0.2) is 0 Å². The van der Waals surface area contributed by atoms with E-state index in [0.29, 0.717) is 0 Å². The van der Waals surface area contributed by atoms with Crippen LogP contribution in [0.4, 0.5) is 4.79 Å². The smallest absolute Gasteiger partial charge is 0.375 e. The second kappa shape index (κ2) is 15.3. The lowest BCUT2D eigenvalue weighted by molar-refractivity contribution is 0.194. The summed E-state index contributed by atoms with van der Waals surface area (Å²) >= 11 is 0. The van der Waals surface area contributed by atoms with Crippen molar-refractivity contribution in [3.05, 3.63) is 46.6 Å². The van der Waals surface area contributed by atoms with Gasteiger partial charge in [0.25, 0.3) is 0 Å². The van der Waals surface area contributed by atoms with E-state index in [1.54, 1.807) is 0 Å². The second-order valence-electron chi connectivity index (χ2n) is 7.76. The average Bonchev–Trinajstić information content (AvgIpc) is 2.61. The van der Waals surface area contributed by atoms with Gasteiger partial charge in [-0.15, -0.1) is 0 Å². The molecule has 0 spiro atoms. The Morgan fingerprint density at radius 1 is 0.862 bits per heavy atom. The van der Waals surface area contributed by atoms with Crippen molar-refractivity contribution in [1.82, 2.24) is 5.32 Å². The summed E-state index contributed by atoms with van der Waals surface area (Å²) in [6.07, 6.45) is 14.1. The van der Waals surface area contributed by atoms with E-state index >= 15 is 0 Å². The fourth-order valence-corrected chi connectivity index (χ4v) is 2.97. The van der Waals surface area contributed by atoms with E-state index in [9.17, 15) is 14.3 Å². The summed E-state index contributed by atoms with van der Waals surface area (Å²) in [5.41, 5.74) is 5.39. The Morgan fingerprint density at radius 3 is 1.76 bits per heavy atom. The van der Waals surface area contributed by atoms with Crippen LogP contribution in [0, 0.1) is 0 Å². The van der Waals surface area contributed by atoms with Crippen molar-refractivity contribution >= 4 is 13.7 Å². The molecule has 166 valence electrons. The first-order valence-corrected chi connectivity index (χ1v) is 12.2. The summed E-state index contributed by atoms with van der Waals surface area (Å²) in [6, 6.07) is 0. The Bertz CT molecular complexity index is 670. The van der Waals surface area contributed by atoms with Gasteiger partial charge in [0, 0.05) is 6.54 Å². The number of allylic oxidation sites excluding steroid dienone is 7. The minimum atomic E-state index is -3.79. The molecule has 0 radical (unpaired) electrons. The van der Waals surface area contributed by atoms with Crippen molar-refractivity contribution in [2.45, 2.75) is 80.1 Å². The van der Waals surface area contributed by atoms with Gasteiger partial charge in [0.1, 0.15) is 0 Å². The Balaban J connectivity index is 4.11. The molecule has 2 N–H and O–H groups in total. The summed E-state index contributed by atoms with van der Waals surface area (Å²) in [5, 5.41) is 2.47. The highest BCUT2D eigenvalue weighted by Gasteiger charge is 2.20. The highest BCUT2D eigenvalue weighted by atomic mass is 31.2. The fraction of sp³-hybridized carbons (Fsp3) is 0.609. The van der Waals surface area contributed by atoms with Crippen LogP contribution in [0.25, 0.3) is 0 Å². The fourth-order valence-electron chi connectivity index (χ4n) is 2.52. The first-order chi connectivity index (χ1) is 13.6. The Labute approximate surface area is 177 Å². The molecule has 1 amide bonds. The third kappa shape index (κ3) is 17.0. The molecule has 0 saturated heterocycles. The molecule has 0 bridgehead atoms. The molecule has 0 aliphatic carbocycles. The highest BCUT2D eigenvalue weighted by Crippen LogP contribution is 2.40. The van der Waals surface area contributed by atoms with Gasteiger partial charge in [-0.1, -0.05) is 53.5 Å². The highest BCUT2D eigenvalue weighted by molar-refractivity contribution is 7.53. The van der Waals surface area contributed by atoms with Gasteiger partial charge in [-0.2, -0.15) is 0 Å². The van der Waals surface area contributed by atoms with Crippen LogP contribution in [-0.4, -0.2) is 23.7 Å². The third-order valence-corrected chi connectivity index (χ3v) is 5.73. The summed E-state index contributed by atoms with van der Waals surface area (Å²) < 4.78 is 15.8. The first kappa shape index (κ1) is 27.4. The molecule has 0 rings (SSSR count). The van der Waals surface area contributed by atoms with E-state index in [4.69, 9.17) is 0 Å². The van der Waals surface area contributed by atoms with Crippen molar-refractivity contribution in [2.75, 3.05) is 12.7 Å². The number of nitrogens with one attached hydrogen (secondary N) is 1. The molecule has 1 atom stereocenters. The standard InChI is InChI=1S/C23H40NO4P/c1-7-29(26,27)28-23(25)24-18-17-22(6)16-10-15-21(5)14-9-13-20(4)12-8-11-19(2)3/h11,13,15,17H,7-10,12,14,16,18H2,1-6H3,(H,24,25)(H,26,27)/b20-13+,21-15+,22-17+. The number of hydrogen-bond acceptors (Lipinski definition) is 3. The largest absolute Gasteiger partial charge is 0.413 e. The van der Waals surface area contributed by atoms with E-state index in [-0.39, 0.29) is 12.7 Å². The van der Waals surface area contributed by atoms with Crippen LogP contribution in [0.15, 0.2) is 46.6 Å². The molecule has 0 aliphatic heterocycles. The number of rotatable bonds is 13. The van der Waals surface area contributed by atoms with Crippen molar-refractivity contribution in [3.63, 3.8) is 0 Å². The van der Waals surface area contributed by atoms with Crippen LogP contribution in [0.3, 0.4) is 0 Å². The Morgan fingerprint density at radius 2 is 1.31 bits per heavy atom. The minimum Gasteiger partial charge on any atom is -0.375 e. The second-order valence-corrected chi connectivity index (χ2v) is 9.85. The minimum absolute atomic E-state index is 0.0910. The molecule has 5 nitrogen and oxygen atoms in total. The van der Waals surface area contributed by atoms with Gasteiger partial charge in [-0.05, 0) is 73.1 Å². The maximum atomic E-state index is 11.4. The lowest BCUT2D eigenvalue weighted by Crippen LogP contribution is -2.23. The van der Waals surface area contributed by atoms with Crippen LogP contribution < -0.4 is 5.32 Å². The van der Waals surface area contributed by atoms with Crippen molar-refractivity contribution in [3.8, 4) is 0 Å². The predicted octanol–water partition coefficient (Wildman–Crippen LogP) is 7.06. The number of carbonyl (C=O) groups excluding carboxylic acids is 1. The molecular weight excluding hydrogens is 385 g/mol. The van der Waals surface area contributed by atoms with Gasteiger partial charge in [-0.25, -0.2) is 9.36 Å². The van der Waals surface area contributed by atoms with Gasteiger partial charge >= 0.3 is 13.7 Å². The molecule has 0 aromatic carbocycles. The summed E-state index contributed by atoms with van der Waals surface area (Å²) in [5.74, 6) is 0. The van der Waals surface area contributed by atoms with Crippen LogP contribution >= 0.6 is 7.60 Å². The third-order valence-electron chi connectivity index (χ3n) is 4.48.